The number of benzene rings is 1. The van der Waals surface area contributed by atoms with E-state index in [1.54, 1.807) is 0 Å². The Bertz CT molecular complexity index is 447. The van der Waals surface area contributed by atoms with Crippen molar-refractivity contribution >= 4 is 0 Å². The lowest BCUT2D eigenvalue weighted by molar-refractivity contribution is 0.299. The topological polar surface area (TPSA) is 26.0 Å². The van der Waals surface area contributed by atoms with Crippen molar-refractivity contribution in [2.45, 2.75) is 71.8 Å². The molecule has 1 fully saturated rings. The van der Waals surface area contributed by atoms with E-state index in [0.29, 0.717) is 11.3 Å². The van der Waals surface area contributed by atoms with Crippen LogP contribution in [0.15, 0.2) is 24.3 Å². The SMILES string of the molecule is CC(C)Cc1cccc(C2(N)CCCC(C)(C)CC2)c1. The first kappa shape index (κ1) is 15.6. The monoisotopic (exact) mass is 273 g/mol. The molecule has 0 aliphatic heterocycles. The van der Waals surface area contributed by atoms with Gasteiger partial charge >= 0.3 is 0 Å². The molecule has 2 rings (SSSR count). The fraction of sp³-hybridized carbons (Fsp3) is 0.684. The number of hydrogen-bond donors (Lipinski definition) is 1. The van der Waals surface area contributed by atoms with Gasteiger partial charge in [0.25, 0.3) is 0 Å². The van der Waals surface area contributed by atoms with Gasteiger partial charge in [0.1, 0.15) is 0 Å². The van der Waals surface area contributed by atoms with Crippen molar-refractivity contribution in [1.29, 1.82) is 0 Å². The van der Waals surface area contributed by atoms with Crippen LogP contribution in [0.4, 0.5) is 0 Å². The minimum atomic E-state index is -0.110. The maximum Gasteiger partial charge on any atom is 0.0409 e. The minimum absolute atomic E-state index is 0.110. The van der Waals surface area contributed by atoms with Crippen LogP contribution in [-0.2, 0) is 12.0 Å². The molecule has 1 aliphatic carbocycles. The lowest BCUT2D eigenvalue weighted by atomic mass is 9.80. The Kier molecular flexibility index (Phi) is 4.59. The van der Waals surface area contributed by atoms with Gasteiger partial charge in [-0.3, -0.25) is 0 Å². The summed E-state index contributed by atoms with van der Waals surface area (Å²) in [6, 6.07) is 9.03. The van der Waals surface area contributed by atoms with Gasteiger partial charge in [-0.05, 0) is 54.6 Å². The van der Waals surface area contributed by atoms with E-state index >= 15 is 0 Å². The van der Waals surface area contributed by atoms with Crippen LogP contribution in [0.3, 0.4) is 0 Å². The summed E-state index contributed by atoms with van der Waals surface area (Å²) in [5.74, 6) is 0.701. The molecule has 0 saturated heterocycles. The quantitative estimate of drug-likeness (QED) is 0.768. The molecule has 1 unspecified atom stereocenters. The van der Waals surface area contributed by atoms with Gasteiger partial charge in [-0.1, -0.05) is 58.4 Å². The van der Waals surface area contributed by atoms with E-state index in [9.17, 15) is 0 Å². The molecular weight excluding hydrogens is 242 g/mol. The van der Waals surface area contributed by atoms with Crippen LogP contribution in [0.5, 0.6) is 0 Å². The molecule has 1 aromatic carbocycles. The maximum atomic E-state index is 6.80. The average Bonchev–Trinajstić information content (AvgIpc) is 2.49. The van der Waals surface area contributed by atoms with Crippen LogP contribution in [0.1, 0.15) is 70.9 Å². The van der Waals surface area contributed by atoms with Crippen molar-refractivity contribution in [3.05, 3.63) is 35.4 Å². The highest BCUT2D eigenvalue weighted by molar-refractivity contribution is 5.30. The highest BCUT2D eigenvalue weighted by atomic mass is 14.7. The Morgan fingerprint density at radius 2 is 1.85 bits per heavy atom. The van der Waals surface area contributed by atoms with Gasteiger partial charge in [0, 0.05) is 5.54 Å². The van der Waals surface area contributed by atoms with Gasteiger partial charge in [-0.15, -0.1) is 0 Å². The van der Waals surface area contributed by atoms with Crippen LogP contribution in [-0.4, -0.2) is 0 Å². The van der Waals surface area contributed by atoms with Gasteiger partial charge in [0.05, 0.1) is 0 Å². The molecule has 0 bridgehead atoms. The summed E-state index contributed by atoms with van der Waals surface area (Å²) >= 11 is 0. The third-order valence-corrected chi connectivity index (χ3v) is 4.87. The molecule has 20 heavy (non-hydrogen) atoms. The molecular formula is C19H31N. The van der Waals surface area contributed by atoms with Gasteiger partial charge in [0.15, 0.2) is 0 Å². The third kappa shape index (κ3) is 3.85. The molecule has 1 heteroatoms. The molecule has 0 radical (unpaired) electrons. The van der Waals surface area contributed by atoms with Gasteiger partial charge in [-0.25, -0.2) is 0 Å². The fourth-order valence-corrected chi connectivity index (χ4v) is 3.46. The van der Waals surface area contributed by atoms with Crippen molar-refractivity contribution in [2.24, 2.45) is 17.1 Å². The minimum Gasteiger partial charge on any atom is -0.321 e. The Hall–Kier alpha value is -0.820. The number of nitrogens with two attached hydrogens (primary N) is 1. The van der Waals surface area contributed by atoms with E-state index < -0.39 is 0 Å². The highest BCUT2D eigenvalue weighted by Crippen LogP contribution is 2.41. The van der Waals surface area contributed by atoms with Crippen LogP contribution in [0, 0.1) is 11.3 Å². The van der Waals surface area contributed by atoms with Gasteiger partial charge < -0.3 is 5.73 Å². The second-order valence-electron chi connectivity index (χ2n) is 7.97. The Morgan fingerprint density at radius 3 is 2.55 bits per heavy atom. The zero-order valence-corrected chi connectivity index (χ0v) is 13.7. The zero-order valence-electron chi connectivity index (χ0n) is 13.7. The summed E-state index contributed by atoms with van der Waals surface area (Å²) in [6.07, 6.45) is 7.18. The first-order chi connectivity index (χ1) is 9.31. The van der Waals surface area contributed by atoms with Gasteiger partial charge in [0.2, 0.25) is 0 Å². The first-order valence-corrected chi connectivity index (χ1v) is 8.19. The van der Waals surface area contributed by atoms with Gasteiger partial charge in [-0.2, -0.15) is 0 Å². The summed E-state index contributed by atoms with van der Waals surface area (Å²) in [5, 5.41) is 0. The molecule has 1 atom stereocenters. The van der Waals surface area contributed by atoms with E-state index in [4.69, 9.17) is 5.73 Å². The highest BCUT2D eigenvalue weighted by Gasteiger charge is 2.33. The Labute approximate surface area is 125 Å². The molecule has 0 aromatic heterocycles. The third-order valence-electron chi connectivity index (χ3n) is 4.87. The molecule has 1 nitrogen and oxygen atoms in total. The molecule has 1 aliphatic rings. The second kappa shape index (κ2) is 5.89. The van der Waals surface area contributed by atoms with Crippen molar-refractivity contribution in [3.8, 4) is 0 Å². The summed E-state index contributed by atoms with van der Waals surface area (Å²) in [7, 11) is 0. The van der Waals surface area contributed by atoms with Crippen LogP contribution >= 0.6 is 0 Å². The van der Waals surface area contributed by atoms with Crippen LogP contribution < -0.4 is 5.73 Å². The maximum absolute atomic E-state index is 6.80. The van der Waals surface area contributed by atoms with E-state index in [1.165, 1.54) is 30.4 Å². The summed E-state index contributed by atoms with van der Waals surface area (Å²) in [5.41, 5.74) is 9.94. The predicted octanol–water partition coefficient (Wildman–Crippen LogP) is 5.03. The van der Waals surface area contributed by atoms with Crippen molar-refractivity contribution < 1.29 is 0 Å². The van der Waals surface area contributed by atoms with Crippen LogP contribution in [0.2, 0.25) is 0 Å². The normalized spacial score (nSPS) is 26.5. The summed E-state index contributed by atoms with van der Waals surface area (Å²) in [6.45, 7) is 9.32. The Balaban J connectivity index is 2.21. The second-order valence-corrected chi connectivity index (χ2v) is 7.97. The molecule has 1 aromatic rings. The van der Waals surface area contributed by atoms with Crippen LogP contribution in [0.25, 0.3) is 0 Å². The van der Waals surface area contributed by atoms with E-state index in [1.807, 2.05) is 0 Å². The number of rotatable bonds is 3. The van der Waals surface area contributed by atoms with Crippen molar-refractivity contribution in [1.82, 2.24) is 0 Å². The van der Waals surface area contributed by atoms with Crippen molar-refractivity contribution in [3.63, 3.8) is 0 Å². The summed E-state index contributed by atoms with van der Waals surface area (Å²) in [4.78, 5) is 0. The largest absolute Gasteiger partial charge is 0.321 e. The molecule has 0 heterocycles. The molecule has 0 amide bonds. The molecule has 0 spiro atoms. The fourth-order valence-electron chi connectivity index (χ4n) is 3.46. The van der Waals surface area contributed by atoms with E-state index in [-0.39, 0.29) is 5.54 Å². The van der Waals surface area contributed by atoms with Crippen molar-refractivity contribution in [2.75, 3.05) is 0 Å². The zero-order chi connectivity index (χ0) is 14.8. The molecule has 112 valence electrons. The average molecular weight is 273 g/mol. The smallest absolute Gasteiger partial charge is 0.0409 e. The lowest BCUT2D eigenvalue weighted by Gasteiger charge is -2.30. The number of hydrogen-bond acceptors (Lipinski definition) is 1. The van der Waals surface area contributed by atoms with E-state index in [0.717, 1.165) is 19.3 Å². The molecule has 1 saturated carbocycles. The molecule has 2 N–H and O–H groups in total. The van der Waals surface area contributed by atoms with E-state index in [2.05, 4.69) is 52.0 Å². The predicted molar refractivity (Wildman–Crippen MR) is 87.7 cm³/mol. The standard InChI is InChI=1S/C19H31N/c1-15(2)13-16-7-5-8-17(14-16)19(20)10-6-9-18(3,4)11-12-19/h5,7-8,14-15H,6,9-13,20H2,1-4H3. The summed E-state index contributed by atoms with van der Waals surface area (Å²) < 4.78 is 0. The first-order valence-electron chi connectivity index (χ1n) is 8.19. The lowest BCUT2D eigenvalue weighted by Crippen LogP contribution is -2.36. The Morgan fingerprint density at radius 1 is 1.10 bits per heavy atom.